The first-order chi connectivity index (χ1) is 13.0. The Morgan fingerprint density at radius 1 is 1.15 bits per heavy atom. The highest BCUT2D eigenvalue weighted by Gasteiger charge is 2.13. The Labute approximate surface area is 161 Å². The smallest absolute Gasteiger partial charge is 0.321 e. The second kappa shape index (κ2) is 7.89. The lowest BCUT2D eigenvalue weighted by molar-refractivity contribution is 0.102. The lowest BCUT2D eigenvalue weighted by Gasteiger charge is -2.11. The predicted octanol–water partition coefficient (Wildman–Crippen LogP) is 3.92. The molecule has 0 unspecified atom stereocenters. The van der Waals surface area contributed by atoms with Crippen LogP contribution < -0.4 is 16.0 Å². The maximum atomic E-state index is 12.6. The molecule has 3 aromatic rings. The van der Waals surface area contributed by atoms with Crippen molar-refractivity contribution in [3.63, 3.8) is 0 Å². The summed E-state index contributed by atoms with van der Waals surface area (Å²) in [4.78, 5) is 28.7. The van der Waals surface area contributed by atoms with Gasteiger partial charge in [0.25, 0.3) is 5.91 Å². The van der Waals surface area contributed by atoms with Gasteiger partial charge in [-0.1, -0.05) is 35.5 Å². The van der Waals surface area contributed by atoms with Crippen molar-refractivity contribution in [2.24, 2.45) is 0 Å². The average molecular weight is 378 g/mol. The van der Waals surface area contributed by atoms with Gasteiger partial charge >= 0.3 is 6.03 Å². The molecule has 0 aliphatic heterocycles. The van der Waals surface area contributed by atoms with E-state index in [2.05, 4.69) is 26.9 Å². The van der Waals surface area contributed by atoms with Crippen LogP contribution in [0.1, 0.15) is 21.5 Å². The highest BCUT2D eigenvalue weighted by atomic mass is 32.1. The first kappa shape index (κ1) is 18.4. The number of amides is 3. The van der Waals surface area contributed by atoms with Crippen LogP contribution in [0.15, 0.2) is 36.4 Å². The zero-order valence-electron chi connectivity index (χ0n) is 14.9. The van der Waals surface area contributed by atoms with E-state index in [4.69, 9.17) is 6.42 Å². The molecule has 0 bridgehead atoms. The molecule has 1 heterocycles. The van der Waals surface area contributed by atoms with Gasteiger partial charge in [-0.15, -0.1) is 6.42 Å². The molecule has 7 heteroatoms. The Balaban J connectivity index is 1.79. The van der Waals surface area contributed by atoms with Crippen LogP contribution in [0.2, 0.25) is 0 Å². The number of nitrogens with one attached hydrogen (secondary N) is 3. The number of nitrogens with zero attached hydrogens (tertiary/aromatic N) is 1. The Kier molecular flexibility index (Phi) is 5.38. The largest absolute Gasteiger partial charge is 0.327 e. The standard InChI is InChI=1S/C20H18N4O2S/c1-4-10-21-19(26)24-20-22-15-9-8-14(11-16(15)27-20)18(25)23-17-12(2)6-5-7-13(17)3/h1,5-9,11H,10H2,2-3H3,(H,23,25)(H2,21,22,24,26). The van der Waals surface area contributed by atoms with Crippen LogP contribution in [0.3, 0.4) is 0 Å². The summed E-state index contributed by atoms with van der Waals surface area (Å²) in [6.07, 6.45) is 5.11. The van der Waals surface area contributed by atoms with Crippen LogP contribution in [-0.4, -0.2) is 23.5 Å². The molecule has 3 N–H and O–H groups in total. The van der Waals surface area contributed by atoms with Gasteiger partial charge in [-0.25, -0.2) is 9.78 Å². The van der Waals surface area contributed by atoms with Crippen molar-refractivity contribution in [1.82, 2.24) is 10.3 Å². The zero-order chi connectivity index (χ0) is 19.4. The fourth-order valence-electron chi connectivity index (χ4n) is 2.59. The Hall–Kier alpha value is -3.37. The van der Waals surface area contributed by atoms with Gasteiger partial charge in [-0.2, -0.15) is 0 Å². The number of carbonyl (C=O) groups excluding carboxylic acids is 2. The molecule has 136 valence electrons. The highest BCUT2D eigenvalue weighted by molar-refractivity contribution is 7.22. The molecular formula is C20H18N4O2S. The van der Waals surface area contributed by atoms with Gasteiger partial charge < -0.3 is 10.6 Å². The third-order valence-corrected chi connectivity index (χ3v) is 4.88. The minimum absolute atomic E-state index is 0.138. The molecule has 0 spiro atoms. The normalized spacial score (nSPS) is 10.3. The molecule has 6 nitrogen and oxygen atoms in total. The summed E-state index contributed by atoms with van der Waals surface area (Å²) in [5.41, 5.74) is 4.06. The number of rotatable bonds is 4. The van der Waals surface area contributed by atoms with E-state index in [1.807, 2.05) is 32.0 Å². The Morgan fingerprint density at radius 3 is 2.59 bits per heavy atom. The maximum absolute atomic E-state index is 12.6. The van der Waals surface area contributed by atoms with Gasteiger partial charge in [0.1, 0.15) is 0 Å². The second-order valence-corrected chi connectivity index (χ2v) is 6.96. The molecule has 0 aliphatic carbocycles. The van der Waals surface area contributed by atoms with Gasteiger partial charge in [0, 0.05) is 11.3 Å². The van der Waals surface area contributed by atoms with Crippen LogP contribution in [0.4, 0.5) is 15.6 Å². The van der Waals surface area contributed by atoms with E-state index in [0.29, 0.717) is 16.2 Å². The van der Waals surface area contributed by atoms with E-state index in [1.165, 1.54) is 11.3 Å². The number of aromatic nitrogens is 1. The molecule has 0 radical (unpaired) electrons. The maximum Gasteiger partial charge on any atom is 0.321 e. The quantitative estimate of drug-likeness (QED) is 0.602. The number of thiazole rings is 1. The molecule has 0 fully saturated rings. The van der Waals surface area contributed by atoms with Crippen LogP contribution in [-0.2, 0) is 0 Å². The topological polar surface area (TPSA) is 83.1 Å². The van der Waals surface area contributed by atoms with Crippen LogP contribution in [0, 0.1) is 26.2 Å². The van der Waals surface area contributed by atoms with Gasteiger partial charge in [-0.05, 0) is 43.2 Å². The van der Waals surface area contributed by atoms with Crippen LogP contribution in [0.25, 0.3) is 10.2 Å². The van der Waals surface area contributed by atoms with Gasteiger partial charge in [0.05, 0.1) is 16.8 Å². The lowest BCUT2D eigenvalue weighted by Crippen LogP contribution is -2.28. The number of benzene rings is 2. The minimum atomic E-state index is -0.417. The van der Waals surface area contributed by atoms with Crippen molar-refractivity contribution in [2.75, 3.05) is 17.2 Å². The predicted molar refractivity (Wildman–Crippen MR) is 109 cm³/mol. The number of fused-ring (bicyclic) bond motifs is 1. The van der Waals surface area contributed by atoms with Gasteiger partial charge in [0.15, 0.2) is 5.13 Å². The summed E-state index contributed by atoms with van der Waals surface area (Å²) in [5, 5.41) is 8.55. The summed E-state index contributed by atoms with van der Waals surface area (Å²) >= 11 is 1.29. The Morgan fingerprint density at radius 2 is 1.89 bits per heavy atom. The SMILES string of the molecule is C#CCNC(=O)Nc1nc2ccc(C(=O)Nc3c(C)cccc3C)cc2s1. The summed E-state index contributed by atoms with van der Waals surface area (Å²) < 4.78 is 0.802. The van der Waals surface area contributed by atoms with Crippen molar-refractivity contribution >= 4 is 44.3 Å². The van der Waals surface area contributed by atoms with Crippen molar-refractivity contribution in [1.29, 1.82) is 0 Å². The van der Waals surface area contributed by atoms with E-state index in [9.17, 15) is 9.59 Å². The first-order valence-corrected chi connectivity index (χ1v) is 9.06. The minimum Gasteiger partial charge on any atom is -0.327 e. The molecule has 0 saturated heterocycles. The fourth-order valence-corrected chi connectivity index (χ4v) is 3.49. The number of anilines is 2. The highest BCUT2D eigenvalue weighted by Crippen LogP contribution is 2.27. The average Bonchev–Trinajstić information content (AvgIpc) is 3.04. The third kappa shape index (κ3) is 4.25. The number of para-hydroxylation sites is 1. The molecule has 2 aromatic carbocycles. The van der Waals surface area contributed by atoms with E-state index in [1.54, 1.807) is 18.2 Å². The van der Waals surface area contributed by atoms with Crippen molar-refractivity contribution in [3.8, 4) is 12.3 Å². The monoisotopic (exact) mass is 378 g/mol. The number of hydrogen-bond acceptors (Lipinski definition) is 4. The molecule has 1 aromatic heterocycles. The van der Waals surface area contributed by atoms with E-state index in [-0.39, 0.29) is 12.5 Å². The second-order valence-electron chi connectivity index (χ2n) is 5.93. The van der Waals surface area contributed by atoms with Crippen LogP contribution in [0.5, 0.6) is 0 Å². The number of carbonyl (C=O) groups is 2. The number of aryl methyl sites for hydroxylation is 2. The fraction of sp³-hybridized carbons (Fsp3) is 0.150. The molecule has 0 atom stereocenters. The van der Waals surface area contributed by atoms with E-state index < -0.39 is 6.03 Å². The zero-order valence-corrected chi connectivity index (χ0v) is 15.7. The number of hydrogen-bond donors (Lipinski definition) is 3. The lowest BCUT2D eigenvalue weighted by atomic mass is 10.1. The molecule has 3 amide bonds. The number of urea groups is 1. The van der Waals surface area contributed by atoms with Gasteiger partial charge in [-0.3, -0.25) is 10.1 Å². The van der Waals surface area contributed by atoms with Crippen molar-refractivity contribution in [2.45, 2.75) is 13.8 Å². The summed E-state index contributed by atoms with van der Waals surface area (Å²) in [5.74, 6) is 2.13. The van der Waals surface area contributed by atoms with Crippen molar-refractivity contribution in [3.05, 3.63) is 53.1 Å². The first-order valence-electron chi connectivity index (χ1n) is 8.24. The van der Waals surface area contributed by atoms with Crippen molar-refractivity contribution < 1.29 is 9.59 Å². The molecule has 27 heavy (non-hydrogen) atoms. The molecule has 0 aliphatic rings. The number of terminal acetylenes is 1. The molecule has 0 saturated carbocycles. The summed E-state index contributed by atoms with van der Waals surface area (Å²) in [7, 11) is 0. The third-order valence-electron chi connectivity index (χ3n) is 3.94. The Bertz CT molecular complexity index is 1050. The molecular weight excluding hydrogens is 360 g/mol. The van der Waals surface area contributed by atoms with Gasteiger partial charge in [0.2, 0.25) is 0 Å². The van der Waals surface area contributed by atoms with Crippen LogP contribution >= 0.6 is 11.3 Å². The molecule has 3 rings (SSSR count). The summed E-state index contributed by atoms with van der Waals surface area (Å²) in [6.45, 7) is 4.05. The summed E-state index contributed by atoms with van der Waals surface area (Å²) in [6, 6.07) is 10.7. The van der Waals surface area contributed by atoms with E-state index in [0.717, 1.165) is 21.5 Å². The van der Waals surface area contributed by atoms with E-state index >= 15 is 0 Å².